The molecule has 6 nitrogen and oxygen atoms in total. The lowest BCUT2D eigenvalue weighted by atomic mass is 9.82. The number of aromatic nitrogens is 1. The van der Waals surface area contributed by atoms with Crippen molar-refractivity contribution >= 4 is 15.8 Å². The summed E-state index contributed by atoms with van der Waals surface area (Å²) < 4.78 is 51.8. The quantitative estimate of drug-likeness (QED) is 0.805. The minimum Gasteiger partial charge on any atom is -0.480 e. The van der Waals surface area contributed by atoms with Crippen LogP contribution in [0.4, 0.5) is 8.78 Å². The van der Waals surface area contributed by atoms with Crippen molar-refractivity contribution in [3.63, 3.8) is 0 Å². The average Bonchev–Trinajstić information content (AvgIpc) is 2.86. The summed E-state index contributed by atoms with van der Waals surface area (Å²) in [5.74, 6) is 0.999. The minimum absolute atomic E-state index is 0.0720. The van der Waals surface area contributed by atoms with E-state index in [1.54, 1.807) is 0 Å². The molecule has 1 saturated carbocycles. The highest BCUT2D eigenvalue weighted by Crippen LogP contribution is 2.41. The van der Waals surface area contributed by atoms with E-state index in [1.807, 2.05) is 0 Å². The number of carbonyl (C=O) groups is 1. The van der Waals surface area contributed by atoms with Gasteiger partial charge in [-0.25, -0.2) is 17.2 Å². The highest BCUT2D eigenvalue weighted by atomic mass is 32.2. The molecule has 1 aliphatic carbocycles. The zero-order chi connectivity index (χ0) is 18.2. The smallest absolute Gasteiger partial charge is 0.324 e. The maximum Gasteiger partial charge on any atom is 0.324 e. The zero-order valence-electron chi connectivity index (χ0n) is 13.2. The zero-order valence-corrected chi connectivity index (χ0v) is 14.0. The van der Waals surface area contributed by atoms with Crippen molar-refractivity contribution in [1.82, 2.24) is 5.16 Å². The number of carboxylic acids is 1. The van der Waals surface area contributed by atoms with Crippen LogP contribution in [-0.4, -0.2) is 41.6 Å². The van der Waals surface area contributed by atoms with Gasteiger partial charge in [0.25, 0.3) is 5.92 Å². The third-order valence-electron chi connectivity index (χ3n) is 4.18. The number of aliphatic carboxylic acids is 1. The predicted molar refractivity (Wildman–Crippen MR) is 80.3 cm³/mol. The standard InChI is InChI=1S/C15H17F2NO5S/c1-14(13(19)20,24(2,21)22)6-5-11-7-12(23-18-11)4-3-10-8-15(16,17)9-10/h7,10H,5-6,8-9H2,1-2H3,(H,19,20)/t14-/m1/s1. The highest BCUT2D eigenvalue weighted by molar-refractivity contribution is 7.92. The lowest BCUT2D eigenvalue weighted by Crippen LogP contribution is -2.43. The van der Waals surface area contributed by atoms with Crippen LogP contribution in [0.2, 0.25) is 0 Å². The molecule has 0 radical (unpaired) electrons. The average molecular weight is 361 g/mol. The molecule has 0 aromatic carbocycles. The molecule has 1 fully saturated rings. The first-order valence-electron chi connectivity index (χ1n) is 7.21. The molecule has 0 amide bonds. The summed E-state index contributed by atoms with van der Waals surface area (Å²) in [6.07, 6.45) is 0.228. The largest absolute Gasteiger partial charge is 0.480 e. The van der Waals surface area contributed by atoms with Gasteiger partial charge in [0.1, 0.15) is 0 Å². The number of sulfone groups is 1. The summed E-state index contributed by atoms with van der Waals surface area (Å²) in [7, 11) is -3.81. The van der Waals surface area contributed by atoms with Crippen molar-refractivity contribution < 1.29 is 31.6 Å². The van der Waals surface area contributed by atoms with E-state index in [0.29, 0.717) is 5.69 Å². The number of hydrogen-bond acceptors (Lipinski definition) is 5. The molecule has 2 rings (SSSR count). The second-order valence-corrected chi connectivity index (χ2v) is 8.67. The van der Waals surface area contributed by atoms with E-state index in [4.69, 9.17) is 9.63 Å². The second-order valence-electron chi connectivity index (χ2n) is 6.22. The third-order valence-corrected chi connectivity index (χ3v) is 6.19. The van der Waals surface area contributed by atoms with E-state index in [2.05, 4.69) is 17.0 Å². The SMILES string of the molecule is C[C@@](CCc1cc(C#CC2CC(F)(F)C2)on1)(C(=O)O)S(C)(=O)=O. The number of hydrogen-bond donors (Lipinski definition) is 1. The van der Waals surface area contributed by atoms with Crippen LogP contribution in [0.15, 0.2) is 10.6 Å². The van der Waals surface area contributed by atoms with Gasteiger partial charge in [-0.2, -0.15) is 0 Å². The summed E-state index contributed by atoms with van der Waals surface area (Å²) in [5.41, 5.74) is 0.356. The molecule has 0 aliphatic heterocycles. The van der Waals surface area contributed by atoms with Crippen LogP contribution in [-0.2, 0) is 21.1 Å². The maximum atomic E-state index is 12.7. The number of aryl methyl sites for hydroxylation is 1. The van der Waals surface area contributed by atoms with Gasteiger partial charge in [-0.1, -0.05) is 11.1 Å². The molecular formula is C15H17F2NO5S. The molecule has 1 aromatic rings. The molecule has 1 N–H and O–H groups in total. The van der Waals surface area contributed by atoms with Crippen molar-refractivity contribution in [1.29, 1.82) is 0 Å². The van der Waals surface area contributed by atoms with E-state index in [0.717, 1.165) is 13.2 Å². The van der Waals surface area contributed by atoms with E-state index in [-0.39, 0.29) is 37.4 Å². The Kier molecular flexibility index (Phi) is 4.72. The van der Waals surface area contributed by atoms with Gasteiger partial charge in [0.2, 0.25) is 5.76 Å². The molecule has 1 atom stereocenters. The van der Waals surface area contributed by atoms with Gasteiger partial charge in [-0.3, -0.25) is 4.79 Å². The number of rotatable bonds is 5. The molecule has 0 bridgehead atoms. The third kappa shape index (κ3) is 3.93. The first-order chi connectivity index (χ1) is 10.9. The maximum absolute atomic E-state index is 12.7. The fourth-order valence-corrected chi connectivity index (χ4v) is 3.03. The topological polar surface area (TPSA) is 97.5 Å². The second kappa shape index (κ2) is 6.16. The van der Waals surface area contributed by atoms with Crippen molar-refractivity contribution in [2.45, 2.75) is 43.3 Å². The van der Waals surface area contributed by atoms with Gasteiger partial charge in [0.15, 0.2) is 14.6 Å². The van der Waals surface area contributed by atoms with Crippen LogP contribution >= 0.6 is 0 Å². The molecule has 0 unspecified atom stereocenters. The molecule has 1 aliphatic rings. The van der Waals surface area contributed by atoms with E-state index in [1.165, 1.54) is 6.07 Å². The summed E-state index contributed by atoms with van der Waals surface area (Å²) in [5, 5.41) is 12.9. The van der Waals surface area contributed by atoms with Gasteiger partial charge in [0, 0.05) is 31.1 Å². The Balaban J connectivity index is 1.99. The minimum atomic E-state index is -3.81. The van der Waals surface area contributed by atoms with E-state index < -0.39 is 26.5 Å². The number of alkyl halides is 2. The van der Waals surface area contributed by atoms with Crippen molar-refractivity contribution in [3.8, 4) is 11.8 Å². The van der Waals surface area contributed by atoms with Crippen LogP contribution in [0.1, 0.15) is 37.6 Å². The van der Waals surface area contributed by atoms with Gasteiger partial charge in [-0.05, 0) is 25.7 Å². The summed E-state index contributed by atoms with van der Waals surface area (Å²) >= 11 is 0. The van der Waals surface area contributed by atoms with Crippen LogP contribution < -0.4 is 0 Å². The summed E-state index contributed by atoms with van der Waals surface area (Å²) in [6.45, 7) is 1.14. The van der Waals surface area contributed by atoms with Crippen LogP contribution in [0, 0.1) is 17.8 Å². The molecule has 24 heavy (non-hydrogen) atoms. The van der Waals surface area contributed by atoms with Crippen molar-refractivity contribution in [2.24, 2.45) is 5.92 Å². The highest BCUT2D eigenvalue weighted by Gasteiger charge is 2.44. The summed E-state index contributed by atoms with van der Waals surface area (Å²) in [4.78, 5) is 11.3. The Labute approximate surface area is 138 Å². The van der Waals surface area contributed by atoms with Crippen LogP contribution in [0.3, 0.4) is 0 Å². The van der Waals surface area contributed by atoms with E-state index >= 15 is 0 Å². The van der Waals surface area contributed by atoms with Crippen molar-refractivity contribution in [3.05, 3.63) is 17.5 Å². The first-order valence-corrected chi connectivity index (χ1v) is 9.10. The molecule has 0 spiro atoms. The monoisotopic (exact) mass is 361 g/mol. The fraction of sp³-hybridized carbons (Fsp3) is 0.600. The molecule has 132 valence electrons. The number of carboxylic acid groups (broad SMARTS) is 1. The molecule has 9 heteroatoms. The molecular weight excluding hydrogens is 344 g/mol. The Bertz CT molecular complexity index is 797. The number of nitrogens with zero attached hydrogens (tertiary/aromatic N) is 1. The fourth-order valence-electron chi connectivity index (χ4n) is 2.24. The Hall–Kier alpha value is -1.95. The lowest BCUT2D eigenvalue weighted by molar-refractivity contribution is -0.139. The van der Waals surface area contributed by atoms with Crippen LogP contribution in [0.25, 0.3) is 0 Å². The van der Waals surface area contributed by atoms with E-state index in [9.17, 15) is 22.0 Å². The number of halogens is 2. The Morgan fingerprint density at radius 2 is 2.17 bits per heavy atom. The predicted octanol–water partition coefficient (Wildman–Crippen LogP) is 1.89. The lowest BCUT2D eigenvalue weighted by Gasteiger charge is -2.30. The van der Waals surface area contributed by atoms with Gasteiger partial charge >= 0.3 is 5.97 Å². The molecule has 1 aromatic heterocycles. The first kappa shape index (κ1) is 18.4. The van der Waals surface area contributed by atoms with Crippen molar-refractivity contribution in [2.75, 3.05) is 6.26 Å². The molecule has 0 saturated heterocycles. The van der Waals surface area contributed by atoms with Gasteiger partial charge in [0.05, 0.1) is 5.69 Å². The Morgan fingerprint density at radius 3 is 2.67 bits per heavy atom. The summed E-state index contributed by atoms with van der Waals surface area (Å²) in [6, 6.07) is 1.45. The van der Waals surface area contributed by atoms with Crippen LogP contribution in [0.5, 0.6) is 0 Å². The van der Waals surface area contributed by atoms with Gasteiger partial charge < -0.3 is 9.63 Å². The van der Waals surface area contributed by atoms with Gasteiger partial charge in [-0.15, -0.1) is 0 Å². The molecule has 1 heterocycles. The Morgan fingerprint density at radius 1 is 1.54 bits per heavy atom. The normalized spacial score (nSPS) is 19.7.